The van der Waals surface area contributed by atoms with Crippen LogP contribution in [0.25, 0.3) is 0 Å². The third-order valence-corrected chi connectivity index (χ3v) is 1.51. The maximum Gasteiger partial charge on any atom is 0.248 e. The average Bonchev–Trinajstić information content (AvgIpc) is 2.04. The van der Waals surface area contributed by atoms with E-state index in [9.17, 15) is 4.79 Å². The highest BCUT2D eigenvalue weighted by molar-refractivity contribution is 5.77. The average molecular weight is 174 g/mol. The minimum Gasteiger partial charge on any atom is -0.375 e. The molecule has 0 unspecified atom stereocenters. The zero-order chi connectivity index (χ0) is 9.40. The number of ether oxygens (including phenoxy) is 1. The summed E-state index contributed by atoms with van der Waals surface area (Å²) in [6.07, 6.45) is 0.954. The number of hydrogen-bond acceptors (Lipinski definition) is 3. The molecule has 0 saturated carbocycles. The summed E-state index contributed by atoms with van der Waals surface area (Å²) in [4.78, 5) is 13.0. The highest BCUT2D eigenvalue weighted by atomic mass is 16.5. The molecule has 0 saturated heterocycles. The van der Waals surface area contributed by atoms with E-state index in [1.54, 1.807) is 4.90 Å². The molecular formula is C8H18N2O2. The first-order chi connectivity index (χ1) is 5.76. The molecule has 4 heteroatoms. The standard InChI is InChI=1S/C8H18N2O2/c1-3-5-10(6-4-9)8(11)7-12-2/h3-7,9H2,1-2H3. The Kier molecular flexibility index (Phi) is 6.70. The summed E-state index contributed by atoms with van der Waals surface area (Å²) in [5.41, 5.74) is 5.36. The molecule has 0 spiro atoms. The Morgan fingerprint density at radius 1 is 1.50 bits per heavy atom. The second kappa shape index (κ2) is 7.06. The second-order valence-corrected chi connectivity index (χ2v) is 2.60. The van der Waals surface area contributed by atoms with Crippen LogP contribution in [0.3, 0.4) is 0 Å². The summed E-state index contributed by atoms with van der Waals surface area (Å²) in [5.74, 6) is 0.0183. The van der Waals surface area contributed by atoms with E-state index in [1.165, 1.54) is 7.11 Å². The fraction of sp³-hybridized carbons (Fsp3) is 0.875. The van der Waals surface area contributed by atoms with Crippen LogP contribution in [0.5, 0.6) is 0 Å². The minimum atomic E-state index is 0.0183. The van der Waals surface area contributed by atoms with Crippen molar-refractivity contribution < 1.29 is 9.53 Å². The topological polar surface area (TPSA) is 55.6 Å². The lowest BCUT2D eigenvalue weighted by atomic mass is 10.4. The van der Waals surface area contributed by atoms with E-state index in [0.29, 0.717) is 13.1 Å². The Hall–Kier alpha value is -0.610. The van der Waals surface area contributed by atoms with Gasteiger partial charge in [-0.1, -0.05) is 6.92 Å². The minimum absolute atomic E-state index is 0.0183. The van der Waals surface area contributed by atoms with Gasteiger partial charge in [-0.25, -0.2) is 0 Å². The van der Waals surface area contributed by atoms with E-state index in [4.69, 9.17) is 10.5 Å². The van der Waals surface area contributed by atoms with Crippen molar-refractivity contribution in [3.8, 4) is 0 Å². The van der Waals surface area contributed by atoms with E-state index in [1.807, 2.05) is 6.92 Å². The van der Waals surface area contributed by atoms with Crippen LogP contribution in [0, 0.1) is 0 Å². The van der Waals surface area contributed by atoms with Crippen molar-refractivity contribution in [2.24, 2.45) is 5.73 Å². The van der Waals surface area contributed by atoms with Gasteiger partial charge in [0.2, 0.25) is 5.91 Å². The van der Waals surface area contributed by atoms with Crippen molar-refractivity contribution in [1.29, 1.82) is 0 Å². The van der Waals surface area contributed by atoms with Crippen molar-refractivity contribution in [3.05, 3.63) is 0 Å². The maximum atomic E-state index is 11.3. The third kappa shape index (κ3) is 4.31. The van der Waals surface area contributed by atoms with E-state index in [-0.39, 0.29) is 12.5 Å². The van der Waals surface area contributed by atoms with Gasteiger partial charge in [0.05, 0.1) is 0 Å². The number of hydrogen-bond donors (Lipinski definition) is 1. The molecule has 0 radical (unpaired) electrons. The van der Waals surface area contributed by atoms with Crippen LogP contribution in [0.15, 0.2) is 0 Å². The molecule has 2 N–H and O–H groups in total. The van der Waals surface area contributed by atoms with Crippen molar-refractivity contribution in [1.82, 2.24) is 4.90 Å². The largest absolute Gasteiger partial charge is 0.375 e. The number of rotatable bonds is 6. The molecule has 0 aromatic heterocycles. The maximum absolute atomic E-state index is 11.3. The molecule has 4 nitrogen and oxygen atoms in total. The third-order valence-electron chi connectivity index (χ3n) is 1.51. The first kappa shape index (κ1) is 11.4. The van der Waals surface area contributed by atoms with Gasteiger partial charge in [-0.15, -0.1) is 0 Å². The fourth-order valence-corrected chi connectivity index (χ4v) is 1.00. The Morgan fingerprint density at radius 3 is 2.58 bits per heavy atom. The van der Waals surface area contributed by atoms with E-state index in [2.05, 4.69) is 0 Å². The Labute approximate surface area is 73.7 Å². The Bertz CT molecular complexity index is 122. The van der Waals surface area contributed by atoms with Gasteiger partial charge in [0, 0.05) is 26.7 Å². The Morgan fingerprint density at radius 2 is 2.17 bits per heavy atom. The van der Waals surface area contributed by atoms with Crippen molar-refractivity contribution in [2.45, 2.75) is 13.3 Å². The summed E-state index contributed by atoms with van der Waals surface area (Å²) in [6.45, 7) is 4.08. The normalized spacial score (nSPS) is 9.92. The SMILES string of the molecule is CCCN(CCN)C(=O)COC. The molecule has 0 rings (SSSR count). The number of methoxy groups -OCH3 is 1. The molecule has 0 bridgehead atoms. The van der Waals surface area contributed by atoms with Crippen LogP contribution in [0.4, 0.5) is 0 Å². The Balaban J connectivity index is 3.81. The van der Waals surface area contributed by atoms with Gasteiger partial charge in [-0.3, -0.25) is 4.79 Å². The number of amides is 1. The monoisotopic (exact) mass is 174 g/mol. The lowest BCUT2D eigenvalue weighted by Crippen LogP contribution is -2.38. The molecule has 0 aliphatic heterocycles. The lowest BCUT2D eigenvalue weighted by Gasteiger charge is -2.20. The molecule has 0 atom stereocenters. The fourth-order valence-electron chi connectivity index (χ4n) is 1.00. The van der Waals surface area contributed by atoms with Crippen molar-refractivity contribution in [3.63, 3.8) is 0 Å². The highest BCUT2D eigenvalue weighted by Gasteiger charge is 2.09. The van der Waals surface area contributed by atoms with Gasteiger partial charge < -0.3 is 15.4 Å². The summed E-state index contributed by atoms with van der Waals surface area (Å²) < 4.78 is 4.75. The van der Waals surface area contributed by atoms with E-state index in [0.717, 1.165) is 13.0 Å². The number of carbonyl (C=O) groups excluding carboxylic acids is 1. The molecule has 0 aliphatic rings. The molecule has 0 aromatic carbocycles. The number of carbonyl (C=O) groups is 1. The quantitative estimate of drug-likeness (QED) is 0.608. The van der Waals surface area contributed by atoms with E-state index < -0.39 is 0 Å². The molecule has 0 aliphatic carbocycles. The molecule has 0 aromatic rings. The predicted molar refractivity (Wildman–Crippen MR) is 47.8 cm³/mol. The van der Waals surface area contributed by atoms with Crippen LogP contribution in [0.2, 0.25) is 0 Å². The van der Waals surface area contributed by atoms with Crippen LogP contribution in [-0.4, -0.2) is 44.2 Å². The summed E-state index contributed by atoms with van der Waals surface area (Å²) >= 11 is 0. The predicted octanol–water partition coefficient (Wildman–Crippen LogP) is -0.170. The van der Waals surface area contributed by atoms with Crippen molar-refractivity contribution in [2.75, 3.05) is 33.4 Å². The van der Waals surface area contributed by atoms with Gasteiger partial charge in [0.15, 0.2) is 0 Å². The summed E-state index contributed by atoms with van der Waals surface area (Å²) in [6, 6.07) is 0. The molecule has 0 fully saturated rings. The van der Waals surface area contributed by atoms with Crippen LogP contribution < -0.4 is 5.73 Å². The van der Waals surface area contributed by atoms with Gasteiger partial charge in [-0.2, -0.15) is 0 Å². The van der Waals surface area contributed by atoms with Crippen LogP contribution in [0.1, 0.15) is 13.3 Å². The van der Waals surface area contributed by atoms with Crippen LogP contribution >= 0.6 is 0 Å². The molecule has 1 amide bonds. The summed E-state index contributed by atoms with van der Waals surface area (Å²) in [7, 11) is 1.52. The van der Waals surface area contributed by atoms with Gasteiger partial charge in [0.25, 0.3) is 0 Å². The van der Waals surface area contributed by atoms with Gasteiger partial charge >= 0.3 is 0 Å². The highest BCUT2D eigenvalue weighted by Crippen LogP contribution is 1.91. The number of nitrogens with two attached hydrogens (primary N) is 1. The first-order valence-electron chi connectivity index (χ1n) is 4.23. The molecule has 0 heterocycles. The molecule has 12 heavy (non-hydrogen) atoms. The number of nitrogens with zero attached hydrogens (tertiary/aromatic N) is 1. The van der Waals surface area contributed by atoms with Crippen molar-refractivity contribution >= 4 is 5.91 Å². The smallest absolute Gasteiger partial charge is 0.248 e. The van der Waals surface area contributed by atoms with Gasteiger partial charge in [-0.05, 0) is 6.42 Å². The van der Waals surface area contributed by atoms with Gasteiger partial charge in [0.1, 0.15) is 6.61 Å². The first-order valence-corrected chi connectivity index (χ1v) is 4.23. The molecular weight excluding hydrogens is 156 g/mol. The molecule has 72 valence electrons. The zero-order valence-electron chi connectivity index (χ0n) is 7.88. The van der Waals surface area contributed by atoms with E-state index >= 15 is 0 Å². The second-order valence-electron chi connectivity index (χ2n) is 2.60. The lowest BCUT2D eigenvalue weighted by molar-refractivity contribution is -0.135. The summed E-state index contributed by atoms with van der Waals surface area (Å²) in [5, 5.41) is 0. The zero-order valence-corrected chi connectivity index (χ0v) is 7.88. The van der Waals surface area contributed by atoms with Crippen LogP contribution in [-0.2, 0) is 9.53 Å².